The summed E-state index contributed by atoms with van der Waals surface area (Å²) in [5.74, 6) is 0. The smallest absolute Gasteiger partial charge is 0.0696 e. The lowest BCUT2D eigenvalue weighted by Crippen LogP contribution is -1.95. The Labute approximate surface area is 94.5 Å². The number of aliphatic hydroxyl groups excluding tert-OH is 1. The Hall–Kier alpha value is -0.580. The third-order valence-electron chi connectivity index (χ3n) is 2.26. The first kappa shape index (κ1) is 9.96. The maximum Gasteiger partial charge on any atom is 0.0696 e. The van der Waals surface area contributed by atoms with E-state index in [1.807, 2.05) is 17.5 Å². The van der Waals surface area contributed by atoms with Crippen LogP contribution in [0.3, 0.4) is 0 Å². The molecule has 0 fully saturated rings. The first-order chi connectivity index (χ1) is 6.77. The van der Waals surface area contributed by atoms with Crippen molar-refractivity contribution in [2.24, 2.45) is 0 Å². The van der Waals surface area contributed by atoms with Crippen molar-refractivity contribution in [2.75, 3.05) is 5.73 Å². The van der Waals surface area contributed by atoms with Crippen molar-refractivity contribution in [3.8, 4) is 0 Å². The van der Waals surface area contributed by atoms with E-state index in [0.29, 0.717) is 0 Å². The molecular weight excluding hydrogens is 262 g/mol. The van der Waals surface area contributed by atoms with E-state index in [4.69, 9.17) is 5.73 Å². The monoisotopic (exact) mass is 271 g/mol. The van der Waals surface area contributed by atoms with Crippen LogP contribution >= 0.6 is 27.3 Å². The van der Waals surface area contributed by atoms with Crippen molar-refractivity contribution in [3.05, 3.63) is 28.6 Å². The number of rotatable bonds is 2. The van der Waals surface area contributed by atoms with Gasteiger partial charge in [0.1, 0.15) is 0 Å². The van der Waals surface area contributed by atoms with Crippen molar-refractivity contribution in [3.63, 3.8) is 0 Å². The van der Waals surface area contributed by atoms with Crippen LogP contribution in [0.4, 0.5) is 5.69 Å². The van der Waals surface area contributed by atoms with Gasteiger partial charge in [-0.05, 0) is 34.0 Å². The quantitative estimate of drug-likeness (QED) is 0.652. The number of fused-ring (bicyclic) bond motifs is 1. The molecule has 0 unspecified atom stereocenters. The van der Waals surface area contributed by atoms with Crippen molar-refractivity contribution >= 4 is 43.0 Å². The van der Waals surface area contributed by atoms with E-state index in [1.165, 1.54) is 0 Å². The number of nitrogen functional groups attached to an aromatic ring is 1. The van der Waals surface area contributed by atoms with Gasteiger partial charge in [0.15, 0.2) is 0 Å². The fraction of sp³-hybridized carbons (Fsp3) is 0.200. The molecule has 0 amide bonds. The van der Waals surface area contributed by atoms with Crippen LogP contribution in [0.5, 0.6) is 0 Å². The number of nitrogens with two attached hydrogens (primary N) is 1. The molecule has 0 saturated heterocycles. The van der Waals surface area contributed by atoms with Crippen molar-refractivity contribution in [1.29, 1.82) is 0 Å². The molecule has 0 spiro atoms. The van der Waals surface area contributed by atoms with Crippen LogP contribution in [0, 0.1) is 0 Å². The Morgan fingerprint density at radius 3 is 2.93 bits per heavy atom. The molecule has 0 aliphatic heterocycles. The molecule has 0 saturated carbocycles. The Morgan fingerprint density at radius 2 is 2.29 bits per heavy atom. The number of alkyl halides is 1. The summed E-state index contributed by atoms with van der Waals surface area (Å²) in [5, 5.41) is 13.1. The van der Waals surface area contributed by atoms with Gasteiger partial charge in [0.25, 0.3) is 0 Å². The van der Waals surface area contributed by atoms with Gasteiger partial charge in [0.2, 0.25) is 0 Å². The highest BCUT2D eigenvalue weighted by Crippen LogP contribution is 2.33. The van der Waals surface area contributed by atoms with Gasteiger partial charge in [-0.15, -0.1) is 11.3 Å². The highest BCUT2D eigenvalue weighted by atomic mass is 79.9. The van der Waals surface area contributed by atoms with E-state index in [1.54, 1.807) is 11.3 Å². The van der Waals surface area contributed by atoms with E-state index < -0.39 is 0 Å². The summed E-state index contributed by atoms with van der Waals surface area (Å²) in [5.41, 5.74) is 8.67. The van der Waals surface area contributed by atoms with E-state index >= 15 is 0 Å². The molecule has 0 aliphatic rings. The molecule has 0 atom stereocenters. The molecule has 1 aromatic heterocycles. The average Bonchev–Trinajstić information content (AvgIpc) is 2.65. The zero-order valence-corrected chi connectivity index (χ0v) is 9.86. The molecule has 4 heteroatoms. The Kier molecular flexibility index (Phi) is 2.76. The number of hydrogen-bond acceptors (Lipinski definition) is 3. The second kappa shape index (κ2) is 3.88. The Morgan fingerprint density at radius 1 is 1.50 bits per heavy atom. The van der Waals surface area contributed by atoms with Crippen LogP contribution in [0.1, 0.15) is 11.1 Å². The lowest BCUT2D eigenvalue weighted by Gasteiger charge is -2.07. The molecule has 3 N–H and O–H groups in total. The molecular formula is C10H10BrNOS. The maximum atomic E-state index is 9.18. The van der Waals surface area contributed by atoms with Crippen LogP contribution < -0.4 is 5.73 Å². The summed E-state index contributed by atoms with van der Waals surface area (Å²) in [6.07, 6.45) is 0. The molecule has 14 heavy (non-hydrogen) atoms. The third kappa shape index (κ3) is 1.43. The van der Waals surface area contributed by atoms with Gasteiger partial charge >= 0.3 is 0 Å². The van der Waals surface area contributed by atoms with Gasteiger partial charge in [-0.1, -0.05) is 15.9 Å². The van der Waals surface area contributed by atoms with Crippen molar-refractivity contribution in [1.82, 2.24) is 0 Å². The van der Waals surface area contributed by atoms with Crippen LogP contribution in [-0.4, -0.2) is 5.11 Å². The van der Waals surface area contributed by atoms with Gasteiger partial charge in [-0.2, -0.15) is 0 Å². The van der Waals surface area contributed by atoms with E-state index in [2.05, 4.69) is 15.9 Å². The molecule has 2 nitrogen and oxygen atoms in total. The van der Waals surface area contributed by atoms with Gasteiger partial charge < -0.3 is 10.8 Å². The number of benzene rings is 1. The second-order valence-corrected chi connectivity index (χ2v) is 4.54. The van der Waals surface area contributed by atoms with Crippen LogP contribution in [0.25, 0.3) is 10.1 Å². The number of anilines is 1. The van der Waals surface area contributed by atoms with Crippen LogP contribution in [0.2, 0.25) is 0 Å². The second-order valence-electron chi connectivity index (χ2n) is 3.06. The zero-order chi connectivity index (χ0) is 10.1. The predicted octanol–water partition coefficient (Wildman–Crippen LogP) is 2.87. The van der Waals surface area contributed by atoms with Gasteiger partial charge in [0.05, 0.1) is 6.61 Å². The largest absolute Gasteiger partial charge is 0.398 e. The fourth-order valence-corrected chi connectivity index (χ4v) is 3.12. The molecule has 1 aromatic carbocycles. The minimum atomic E-state index is 0.0454. The zero-order valence-electron chi connectivity index (χ0n) is 7.46. The number of hydrogen-bond donors (Lipinski definition) is 2. The van der Waals surface area contributed by atoms with E-state index in [-0.39, 0.29) is 6.61 Å². The SMILES string of the molecule is Nc1cc(CO)c2sccc2c1CBr. The van der Waals surface area contributed by atoms with E-state index in [0.717, 1.165) is 32.2 Å². The Bertz CT molecular complexity index is 466. The molecule has 0 aliphatic carbocycles. The normalized spacial score (nSPS) is 11.0. The number of aliphatic hydroxyl groups is 1. The summed E-state index contributed by atoms with van der Waals surface area (Å²) in [6, 6.07) is 3.90. The molecule has 2 aromatic rings. The van der Waals surface area contributed by atoms with Crippen LogP contribution in [-0.2, 0) is 11.9 Å². The molecule has 1 heterocycles. The van der Waals surface area contributed by atoms with Gasteiger partial charge in [-0.25, -0.2) is 0 Å². The third-order valence-corrected chi connectivity index (χ3v) is 3.81. The molecule has 2 rings (SSSR count). The summed E-state index contributed by atoms with van der Waals surface area (Å²) in [7, 11) is 0. The molecule has 0 radical (unpaired) electrons. The first-order valence-electron chi connectivity index (χ1n) is 4.22. The first-order valence-corrected chi connectivity index (χ1v) is 6.22. The lowest BCUT2D eigenvalue weighted by molar-refractivity contribution is 0.283. The summed E-state index contributed by atoms with van der Waals surface area (Å²) < 4.78 is 1.14. The van der Waals surface area contributed by atoms with Crippen LogP contribution in [0.15, 0.2) is 17.5 Å². The van der Waals surface area contributed by atoms with Crippen molar-refractivity contribution in [2.45, 2.75) is 11.9 Å². The van der Waals surface area contributed by atoms with E-state index in [9.17, 15) is 5.11 Å². The molecule has 74 valence electrons. The lowest BCUT2D eigenvalue weighted by atomic mass is 10.1. The minimum absolute atomic E-state index is 0.0454. The topological polar surface area (TPSA) is 46.2 Å². The van der Waals surface area contributed by atoms with Gasteiger partial charge in [-0.3, -0.25) is 0 Å². The summed E-state index contributed by atoms with van der Waals surface area (Å²) in [4.78, 5) is 0. The highest BCUT2D eigenvalue weighted by molar-refractivity contribution is 9.08. The average molecular weight is 272 g/mol. The standard InChI is InChI=1S/C10H10BrNOS/c11-4-8-7-1-2-14-10(7)6(5-13)3-9(8)12/h1-3,13H,4-5,12H2. The molecule has 0 bridgehead atoms. The summed E-state index contributed by atoms with van der Waals surface area (Å²) in [6.45, 7) is 0.0454. The number of halogens is 1. The maximum absolute atomic E-state index is 9.18. The number of thiophene rings is 1. The highest BCUT2D eigenvalue weighted by Gasteiger charge is 2.09. The minimum Gasteiger partial charge on any atom is -0.398 e. The fourth-order valence-electron chi connectivity index (χ4n) is 1.56. The summed E-state index contributed by atoms with van der Waals surface area (Å²) >= 11 is 5.06. The van der Waals surface area contributed by atoms with Gasteiger partial charge in [0, 0.05) is 15.7 Å². The van der Waals surface area contributed by atoms with Crippen molar-refractivity contribution < 1.29 is 5.11 Å². The predicted molar refractivity (Wildman–Crippen MR) is 64.8 cm³/mol. The Balaban J connectivity index is 2.81.